The van der Waals surface area contributed by atoms with Gasteiger partial charge in [-0.05, 0) is 30.3 Å². The summed E-state index contributed by atoms with van der Waals surface area (Å²) >= 11 is 0. The summed E-state index contributed by atoms with van der Waals surface area (Å²) in [5.74, 6) is -0.352. The second-order valence-electron chi connectivity index (χ2n) is 4.94. The number of ether oxygens (including phenoxy) is 1. The van der Waals surface area contributed by atoms with Crippen molar-refractivity contribution in [3.05, 3.63) is 65.2 Å². The third kappa shape index (κ3) is 4.61. The first-order valence-electron chi connectivity index (χ1n) is 7.08. The van der Waals surface area contributed by atoms with E-state index in [0.29, 0.717) is 11.3 Å². The number of nitriles is 1. The summed E-state index contributed by atoms with van der Waals surface area (Å²) in [7, 11) is 1.45. The number of hydrogen-bond acceptors (Lipinski definition) is 3. The number of benzene rings is 2. The number of anilines is 1. The van der Waals surface area contributed by atoms with Gasteiger partial charge in [0.1, 0.15) is 17.4 Å². The topological polar surface area (TPSA) is 62.1 Å². The minimum Gasteiger partial charge on any atom is -0.496 e. The molecule has 0 bridgehead atoms. The van der Waals surface area contributed by atoms with Gasteiger partial charge in [-0.3, -0.25) is 4.79 Å². The Morgan fingerprint density at radius 1 is 1.20 bits per heavy atom. The molecule has 2 rings (SSSR count). The Bertz CT molecular complexity index is 852. The lowest BCUT2D eigenvalue weighted by Crippen LogP contribution is -2.14. The number of carbonyl (C=O) groups excluding carboxylic acids is 1. The van der Waals surface area contributed by atoms with E-state index in [4.69, 9.17) is 4.74 Å². The Morgan fingerprint density at radius 2 is 1.92 bits per heavy atom. The van der Waals surface area contributed by atoms with Gasteiger partial charge in [0, 0.05) is 11.3 Å². The maximum absolute atomic E-state index is 12.7. The SMILES string of the molecule is COc1ccccc1/C=C(\C#N)C(=O)Nc1cccc(C(F)(F)F)c1. The fourth-order valence-corrected chi connectivity index (χ4v) is 2.06. The molecule has 0 aromatic heterocycles. The first kappa shape index (κ1) is 18.1. The molecular formula is C18H13F3N2O2. The highest BCUT2D eigenvalue weighted by atomic mass is 19.4. The average Bonchev–Trinajstić information content (AvgIpc) is 2.59. The van der Waals surface area contributed by atoms with Crippen molar-refractivity contribution in [2.45, 2.75) is 6.18 Å². The van der Waals surface area contributed by atoms with Crippen LogP contribution in [-0.4, -0.2) is 13.0 Å². The minimum absolute atomic E-state index is 0.0546. The van der Waals surface area contributed by atoms with E-state index in [0.717, 1.165) is 12.1 Å². The van der Waals surface area contributed by atoms with Crippen LogP contribution in [0.25, 0.3) is 6.08 Å². The highest BCUT2D eigenvalue weighted by molar-refractivity contribution is 6.09. The molecule has 25 heavy (non-hydrogen) atoms. The van der Waals surface area contributed by atoms with Crippen LogP contribution in [-0.2, 0) is 11.0 Å². The maximum Gasteiger partial charge on any atom is 0.416 e. The van der Waals surface area contributed by atoms with Gasteiger partial charge < -0.3 is 10.1 Å². The minimum atomic E-state index is -4.52. The number of nitrogens with one attached hydrogen (secondary N) is 1. The number of hydrogen-bond donors (Lipinski definition) is 1. The molecule has 0 saturated carbocycles. The van der Waals surface area contributed by atoms with Gasteiger partial charge in [-0.15, -0.1) is 0 Å². The molecule has 0 spiro atoms. The van der Waals surface area contributed by atoms with Crippen LogP contribution in [0.15, 0.2) is 54.1 Å². The average molecular weight is 346 g/mol. The fourth-order valence-electron chi connectivity index (χ4n) is 2.06. The monoisotopic (exact) mass is 346 g/mol. The molecule has 128 valence electrons. The summed E-state index contributed by atoms with van der Waals surface area (Å²) in [6.07, 6.45) is -3.21. The summed E-state index contributed by atoms with van der Waals surface area (Å²) in [5.41, 5.74) is -0.707. The number of alkyl halides is 3. The van der Waals surface area contributed by atoms with Crippen molar-refractivity contribution >= 4 is 17.7 Å². The molecule has 0 fully saturated rings. The summed E-state index contributed by atoms with van der Waals surface area (Å²) in [5, 5.41) is 11.5. The van der Waals surface area contributed by atoms with Gasteiger partial charge in [0.05, 0.1) is 12.7 Å². The van der Waals surface area contributed by atoms with Gasteiger partial charge in [-0.25, -0.2) is 0 Å². The van der Waals surface area contributed by atoms with Crippen LogP contribution in [0.1, 0.15) is 11.1 Å². The Hall–Kier alpha value is -3.27. The number of carbonyl (C=O) groups is 1. The van der Waals surface area contributed by atoms with Crippen molar-refractivity contribution in [3.8, 4) is 11.8 Å². The van der Waals surface area contributed by atoms with Gasteiger partial charge >= 0.3 is 6.18 Å². The summed E-state index contributed by atoms with van der Waals surface area (Å²) in [4.78, 5) is 12.2. The summed E-state index contributed by atoms with van der Waals surface area (Å²) < 4.78 is 43.3. The molecule has 4 nitrogen and oxygen atoms in total. The van der Waals surface area contributed by atoms with Crippen LogP contribution in [0, 0.1) is 11.3 Å². The Balaban J connectivity index is 2.27. The van der Waals surface area contributed by atoms with Crippen molar-refractivity contribution in [1.82, 2.24) is 0 Å². The number of para-hydroxylation sites is 1. The van der Waals surface area contributed by atoms with Gasteiger partial charge in [0.25, 0.3) is 5.91 Å². The van der Waals surface area contributed by atoms with Gasteiger partial charge in [-0.1, -0.05) is 24.3 Å². The quantitative estimate of drug-likeness (QED) is 0.665. The predicted molar refractivity (Wildman–Crippen MR) is 86.7 cm³/mol. The lowest BCUT2D eigenvalue weighted by Gasteiger charge is -2.10. The van der Waals surface area contributed by atoms with Crippen LogP contribution in [0.3, 0.4) is 0 Å². The first-order chi connectivity index (χ1) is 11.8. The molecule has 1 amide bonds. The molecule has 0 aliphatic carbocycles. The molecule has 0 saturated heterocycles. The van der Waals surface area contributed by atoms with E-state index in [1.165, 1.54) is 25.3 Å². The summed E-state index contributed by atoms with van der Waals surface area (Å²) in [6, 6.07) is 12.7. The summed E-state index contributed by atoms with van der Waals surface area (Å²) in [6.45, 7) is 0. The zero-order valence-electron chi connectivity index (χ0n) is 13.1. The van der Waals surface area contributed by atoms with E-state index in [9.17, 15) is 23.2 Å². The zero-order valence-corrected chi connectivity index (χ0v) is 13.1. The second-order valence-corrected chi connectivity index (χ2v) is 4.94. The lowest BCUT2D eigenvalue weighted by molar-refractivity contribution is -0.137. The highest BCUT2D eigenvalue weighted by Gasteiger charge is 2.30. The van der Waals surface area contributed by atoms with E-state index < -0.39 is 17.6 Å². The smallest absolute Gasteiger partial charge is 0.416 e. The Kier molecular flexibility index (Phi) is 5.45. The second kappa shape index (κ2) is 7.53. The van der Waals surface area contributed by atoms with E-state index in [-0.39, 0.29) is 11.3 Å². The van der Waals surface area contributed by atoms with Crippen LogP contribution in [0.4, 0.5) is 18.9 Å². The van der Waals surface area contributed by atoms with Gasteiger partial charge in [0.15, 0.2) is 0 Å². The Morgan fingerprint density at radius 3 is 2.56 bits per heavy atom. The van der Waals surface area contributed by atoms with Crippen LogP contribution in [0.5, 0.6) is 5.75 Å². The molecule has 0 aliphatic heterocycles. The fraction of sp³-hybridized carbons (Fsp3) is 0.111. The number of rotatable bonds is 4. The van der Waals surface area contributed by atoms with Crippen LogP contribution in [0.2, 0.25) is 0 Å². The molecule has 0 radical (unpaired) electrons. The molecule has 0 heterocycles. The standard InChI is InChI=1S/C18H13F3N2O2/c1-25-16-8-3-2-5-12(16)9-13(11-22)17(24)23-15-7-4-6-14(10-15)18(19,20)21/h2-10H,1H3,(H,23,24)/b13-9+. The van der Waals surface area contributed by atoms with Crippen molar-refractivity contribution in [1.29, 1.82) is 5.26 Å². The normalized spacial score (nSPS) is 11.6. The largest absolute Gasteiger partial charge is 0.496 e. The molecule has 2 aromatic rings. The van der Waals surface area contributed by atoms with Gasteiger partial charge in [0.2, 0.25) is 0 Å². The highest BCUT2D eigenvalue weighted by Crippen LogP contribution is 2.30. The number of amides is 1. The third-order valence-electron chi connectivity index (χ3n) is 3.25. The zero-order chi connectivity index (χ0) is 18.4. The predicted octanol–water partition coefficient (Wildman–Crippen LogP) is 4.26. The van der Waals surface area contributed by atoms with Crippen molar-refractivity contribution < 1.29 is 22.7 Å². The van der Waals surface area contributed by atoms with Crippen LogP contribution >= 0.6 is 0 Å². The first-order valence-corrected chi connectivity index (χ1v) is 7.08. The van der Waals surface area contributed by atoms with E-state index in [1.54, 1.807) is 30.3 Å². The van der Waals surface area contributed by atoms with Crippen molar-refractivity contribution in [2.75, 3.05) is 12.4 Å². The molecular weight excluding hydrogens is 333 g/mol. The molecule has 0 unspecified atom stereocenters. The third-order valence-corrected chi connectivity index (χ3v) is 3.25. The molecule has 2 aromatic carbocycles. The van der Waals surface area contributed by atoms with Gasteiger partial charge in [-0.2, -0.15) is 18.4 Å². The number of halogens is 3. The number of nitrogens with zero attached hydrogens (tertiary/aromatic N) is 1. The lowest BCUT2D eigenvalue weighted by atomic mass is 10.1. The number of methoxy groups -OCH3 is 1. The van der Waals surface area contributed by atoms with E-state index in [1.807, 2.05) is 0 Å². The Labute approximate surface area is 142 Å². The van der Waals surface area contributed by atoms with Crippen molar-refractivity contribution in [2.24, 2.45) is 0 Å². The molecule has 0 aliphatic rings. The molecule has 0 atom stereocenters. The molecule has 1 N–H and O–H groups in total. The maximum atomic E-state index is 12.7. The van der Waals surface area contributed by atoms with Crippen molar-refractivity contribution in [3.63, 3.8) is 0 Å². The van der Waals surface area contributed by atoms with Crippen LogP contribution < -0.4 is 10.1 Å². The molecule has 7 heteroatoms. The van der Waals surface area contributed by atoms with E-state index in [2.05, 4.69) is 5.32 Å². The van der Waals surface area contributed by atoms with E-state index >= 15 is 0 Å².